The molecule has 4 heteroatoms. The van der Waals surface area contributed by atoms with Crippen molar-refractivity contribution in [2.45, 2.75) is 0 Å². The van der Waals surface area contributed by atoms with Gasteiger partial charge in [-0.1, -0.05) is 29.3 Å². The summed E-state index contributed by atoms with van der Waals surface area (Å²) in [6.45, 7) is 0. The van der Waals surface area contributed by atoms with Crippen LogP contribution in [0.5, 0.6) is 0 Å². The summed E-state index contributed by atoms with van der Waals surface area (Å²) in [6, 6.07) is 5.34. The van der Waals surface area contributed by atoms with Crippen LogP contribution in [0.2, 0.25) is 10.0 Å². The lowest BCUT2D eigenvalue weighted by Crippen LogP contribution is -1.82. The molecule has 1 rings (SSSR count). The van der Waals surface area contributed by atoms with Gasteiger partial charge in [0.2, 0.25) is 0 Å². The van der Waals surface area contributed by atoms with Crippen LogP contribution < -0.4 is 0 Å². The Labute approximate surface area is 77.7 Å². The average Bonchev–Trinajstić information content (AvgIpc) is 1.97. The van der Waals surface area contributed by atoms with Gasteiger partial charge in [-0.25, -0.2) is 0 Å². The molecular weight excluding hydrogens is 200 g/mol. The molecule has 1 aromatic carbocycles. The Morgan fingerprint density at radius 1 is 1.27 bits per heavy atom. The summed E-state index contributed by atoms with van der Waals surface area (Å²) >= 11 is 11.6. The monoisotopic (exact) mass is 205 g/mol. The van der Waals surface area contributed by atoms with E-state index in [1.165, 1.54) is 0 Å². The van der Waals surface area contributed by atoms with E-state index in [0.717, 1.165) is 5.56 Å². The maximum absolute atomic E-state index is 5.82. The van der Waals surface area contributed by atoms with E-state index in [0.29, 0.717) is 10.0 Å². The van der Waals surface area contributed by atoms with Crippen LogP contribution >= 0.6 is 32.6 Å². The highest BCUT2D eigenvalue weighted by Gasteiger charge is 2.00. The fraction of sp³-hybridized carbons (Fsp3) is 0. The lowest BCUT2D eigenvalue weighted by Gasteiger charge is -1.98. The van der Waals surface area contributed by atoms with Crippen LogP contribution in [-0.4, -0.2) is 6.21 Å². The highest BCUT2D eigenvalue weighted by Crippen LogP contribution is 2.22. The molecule has 0 bridgehead atoms. The Hall–Kier alpha value is -0.100. The SMILES string of the molecule is P/N=C/c1c(Cl)cccc1Cl. The molecule has 0 aromatic heterocycles. The van der Waals surface area contributed by atoms with E-state index in [1.807, 2.05) is 0 Å². The van der Waals surface area contributed by atoms with Gasteiger partial charge in [-0.15, -0.1) is 0 Å². The normalized spacial score (nSPS) is 10.8. The smallest absolute Gasteiger partial charge is 0.0508 e. The van der Waals surface area contributed by atoms with Crippen LogP contribution in [-0.2, 0) is 0 Å². The molecular formula is C7H6Cl2NP. The summed E-state index contributed by atoms with van der Waals surface area (Å²) < 4.78 is 3.75. The topological polar surface area (TPSA) is 12.4 Å². The van der Waals surface area contributed by atoms with Crippen molar-refractivity contribution in [3.63, 3.8) is 0 Å². The van der Waals surface area contributed by atoms with Crippen LogP contribution in [0.1, 0.15) is 5.56 Å². The van der Waals surface area contributed by atoms with Gasteiger partial charge in [0.05, 0.1) is 10.0 Å². The molecule has 1 atom stereocenters. The van der Waals surface area contributed by atoms with Crippen LogP contribution in [0.15, 0.2) is 23.0 Å². The van der Waals surface area contributed by atoms with Crippen LogP contribution in [0.4, 0.5) is 0 Å². The largest absolute Gasteiger partial charge is 0.275 e. The second-order valence-corrected chi connectivity index (χ2v) is 3.03. The first kappa shape index (κ1) is 8.99. The van der Waals surface area contributed by atoms with Gasteiger partial charge in [0.15, 0.2) is 0 Å². The maximum Gasteiger partial charge on any atom is 0.0508 e. The molecule has 0 N–H and O–H groups in total. The van der Waals surface area contributed by atoms with Crippen molar-refractivity contribution in [2.24, 2.45) is 4.76 Å². The molecule has 0 saturated carbocycles. The van der Waals surface area contributed by atoms with Crippen LogP contribution in [0.3, 0.4) is 0 Å². The molecule has 11 heavy (non-hydrogen) atoms. The van der Waals surface area contributed by atoms with Gasteiger partial charge < -0.3 is 0 Å². The van der Waals surface area contributed by atoms with Crippen molar-refractivity contribution in [2.75, 3.05) is 0 Å². The van der Waals surface area contributed by atoms with Crippen molar-refractivity contribution in [1.29, 1.82) is 0 Å². The molecule has 1 unspecified atom stereocenters. The van der Waals surface area contributed by atoms with Crippen molar-refractivity contribution < 1.29 is 0 Å². The van der Waals surface area contributed by atoms with Crippen LogP contribution in [0.25, 0.3) is 0 Å². The Morgan fingerprint density at radius 2 is 1.82 bits per heavy atom. The van der Waals surface area contributed by atoms with E-state index in [-0.39, 0.29) is 0 Å². The van der Waals surface area contributed by atoms with Gasteiger partial charge in [0, 0.05) is 11.8 Å². The lowest BCUT2D eigenvalue weighted by molar-refractivity contribution is 1.66. The number of hydrogen-bond donors (Lipinski definition) is 0. The Morgan fingerprint density at radius 3 is 2.27 bits per heavy atom. The van der Waals surface area contributed by atoms with E-state index >= 15 is 0 Å². The first-order valence-electron chi connectivity index (χ1n) is 2.93. The molecule has 0 aliphatic carbocycles. The molecule has 0 amide bonds. The molecule has 0 heterocycles. The van der Waals surface area contributed by atoms with Gasteiger partial charge >= 0.3 is 0 Å². The molecule has 0 saturated heterocycles. The molecule has 0 aliphatic rings. The first-order valence-corrected chi connectivity index (χ1v) is 4.20. The molecule has 0 aliphatic heterocycles. The van der Waals surface area contributed by atoms with Crippen LogP contribution in [0, 0.1) is 0 Å². The van der Waals surface area contributed by atoms with Gasteiger partial charge in [0.1, 0.15) is 0 Å². The third kappa shape index (κ3) is 2.16. The second kappa shape index (κ2) is 4.06. The number of nitrogens with zero attached hydrogens (tertiary/aromatic N) is 1. The summed E-state index contributed by atoms with van der Waals surface area (Å²) in [5.41, 5.74) is 0.755. The molecule has 1 aromatic rings. The summed E-state index contributed by atoms with van der Waals surface area (Å²) in [5.74, 6) is 0. The minimum Gasteiger partial charge on any atom is -0.275 e. The van der Waals surface area contributed by atoms with Gasteiger partial charge in [-0.05, 0) is 21.5 Å². The predicted molar refractivity (Wildman–Crippen MR) is 53.8 cm³/mol. The molecule has 58 valence electrons. The standard InChI is InChI=1S/C7H6Cl2NP/c8-6-2-1-3-7(9)5(6)4-10-11/h1-4H,11H2/b10-4+. The fourth-order valence-electron chi connectivity index (χ4n) is 0.709. The Kier molecular flexibility index (Phi) is 3.32. The summed E-state index contributed by atoms with van der Waals surface area (Å²) in [6.07, 6.45) is 1.61. The third-order valence-corrected chi connectivity index (χ3v) is 2.01. The van der Waals surface area contributed by atoms with Crippen molar-refractivity contribution in [1.82, 2.24) is 0 Å². The number of rotatable bonds is 1. The minimum atomic E-state index is 0.615. The summed E-state index contributed by atoms with van der Waals surface area (Å²) in [5, 5.41) is 1.23. The van der Waals surface area contributed by atoms with E-state index in [1.54, 1.807) is 24.4 Å². The molecule has 0 fully saturated rings. The zero-order valence-electron chi connectivity index (χ0n) is 5.59. The third-order valence-electron chi connectivity index (χ3n) is 1.20. The van der Waals surface area contributed by atoms with Crippen molar-refractivity contribution in [3.05, 3.63) is 33.8 Å². The van der Waals surface area contributed by atoms with Crippen molar-refractivity contribution in [3.8, 4) is 0 Å². The minimum absolute atomic E-state index is 0.615. The van der Waals surface area contributed by atoms with Gasteiger partial charge in [-0.3, -0.25) is 4.76 Å². The zero-order chi connectivity index (χ0) is 8.27. The molecule has 0 spiro atoms. The van der Waals surface area contributed by atoms with E-state index < -0.39 is 0 Å². The second-order valence-electron chi connectivity index (χ2n) is 1.91. The first-order chi connectivity index (χ1) is 5.25. The number of benzene rings is 1. The van der Waals surface area contributed by atoms with Crippen molar-refractivity contribution >= 4 is 38.8 Å². The Balaban J connectivity index is 3.20. The summed E-state index contributed by atoms with van der Waals surface area (Å²) in [7, 11) is 2.23. The number of hydrogen-bond acceptors (Lipinski definition) is 1. The highest BCUT2D eigenvalue weighted by molar-refractivity contribution is 7.15. The highest BCUT2D eigenvalue weighted by atomic mass is 35.5. The molecule has 1 nitrogen and oxygen atoms in total. The average molecular weight is 206 g/mol. The zero-order valence-corrected chi connectivity index (χ0v) is 8.26. The molecule has 0 radical (unpaired) electrons. The quantitative estimate of drug-likeness (QED) is 0.494. The number of halogens is 2. The van der Waals surface area contributed by atoms with Gasteiger partial charge in [-0.2, -0.15) is 0 Å². The van der Waals surface area contributed by atoms with E-state index in [4.69, 9.17) is 23.2 Å². The van der Waals surface area contributed by atoms with E-state index in [9.17, 15) is 0 Å². The fourth-order valence-corrected chi connectivity index (χ4v) is 1.35. The summed E-state index contributed by atoms with van der Waals surface area (Å²) in [4.78, 5) is 0. The lowest BCUT2D eigenvalue weighted by atomic mass is 10.2. The predicted octanol–water partition coefficient (Wildman–Crippen LogP) is 3.20. The van der Waals surface area contributed by atoms with Gasteiger partial charge in [0.25, 0.3) is 0 Å². The Bertz CT molecular complexity index is 266. The van der Waals surface area contributed by atoms with E-state index in [2.05, 4.69) is 14.2 Å². The maximum atomic E-state index is 5.82.